The fraction of sp³-hybridized carbons (Fsp3) is 0.333. The zero-order valence-corrected chi connectivity index (χ0v) is 18.1. The molecule has 0 bridgehead atoms. The van der Waals surface area contributed by atoms with E-state index >= 15 is 0 Å². The Morgan fingerprint density at radius 1 is 1.16 bits per heavy atom. The number of carbonyl (C=O) groups is 2. The predicted octanol–water partition coefficient (Wildman–Crippen LogP) is 4.49. The molecule has 0 atom stereocenters. The van der Waals surface area contributed by atoms with E-state index in [-0.39, 0.29) is 11.6 Å². The standard InChI is InChI=1S/C24H25ClFNO4/c1-31-23(30)21(28)14-22(29)24(15-17-6-8-19(25)9-7-17)10-12-27(13-11-24)16-18-4-2-3-5-20(18)26/h2-9,14,28H,10-13,15-16H2,1H3/b21-14-. The molecule has 0 unspecified atom stereocenters. The van der Waals surface area contributed by atoms with Crippen LogP contribution in [0.25, 0.3) is 0 Å². The molecule has 3 rings (SSSR count). The molecule has 0 aromatic heterocycles. The van der Waals surface area contributed by atoms with Crippen LogP contribution in [0.4, 0.5) is 4.39 Å². The summed E-state index contributed by atoms with van der Waals surface area (Å²) in [5, 5.41) is 10.5. The number of nitrogens with zero attached hydrogens (tertiary/aromatic N) is 1. The summed E-state index contributed by atoms with van der Waals surface area (Å²) in [4.78, 5) is 26.9. The highest BCUT2D eigenvalue weighted by atomic mass is 35.5. The highest BCUT2D eigenvalue weighted by molar-refractivity contribution is 6.30. The van der Waals surface area contributed by atoms with Crippen molar-refractivity contribution in [2.75, 3.05) is 20.2 Å². The van der Waals surface area contributed by atoms with Gasteiger partial charge in [0.1, 0.15) is 5.82 Å². The Labute approximate surface area is 186 Å². The number of aliphatic hydroxyl groups excluding tert-OH is 1. The minimum Gasteiger partial charge on any atom is -0.502 e. The molecular formula is C24H25ClFNO4. The summed E-state index contributed by atoms with van der Waals surface area (Å²) in [7, 11) is 1.14. The molecule has 31 heavy (non-hydrogen) atoms. The maximum atomic E-state index is 14.0. The minimum atomic E-state index is -0.952. The summed E-state index contributed by atoms with van der Waals surface area (Å²) in [5.74, 6) is -2.23. The van der Waals surface area contributed by atoms with Crippen molar-refractivity contribution in [3.05, 3.63) is 82.3 Å². The largest absolute Gasteiger partial charge is 0.502 e. The Kier molecular flexibility index (Phi) is 7.46. The fourth-order valence-electron chi connectivity index (χ4n) is 3.95. The first-order valence-corrected chi connectivity index (χ1v) is 10.4. The number of rotatable bonds is 7. The minimum absolute atomic E-state index is 0.248. The van der Waals surface area contributed by atoms with Crippen molar-refractivity contribution in [2.24, 2.45) is 5.41 Å². The van der Waals surface area contributed by atoms with Gasteiger partial charge in [-0.05, 0) is 56.1 Å². The van der Waals surface area contributed by atoms with Gasteiger partial charge >= 0.3 is 5.97 Å². The van der Waals surface area contributed by atoms with E-state index < -0.39 is 17.1 Å². The van der Waals surface area contributed by atoms with E-state index in [0.29, 0.717) is 49.5 Å². The van der Waals surface area contributed by atoms with Gasteiger partial charge in [0.25, 0.3) is 0 Å². The first-order valence-electron chi connectivity index (χ1n) is 10.1. The van der Waals surface area contributed by atoms with Gasteiger partial charge in [0.2, 0.25) is 5.76 Å². The van der Waals surface area contributed by atoms with Gasteiger partial charge in [-0.25, -0.2) is 9.18 Å². The lowest BCUT2D eigenvalue weighted by Gasteiger charge is -2.40. The molecule has 1 aliphatic rings. The van der Waals surface area contributed by atoms with E-state index in [4.69, 9.17) is 11.6 Å². The Morgan fingerprint density at radius 3 is 2.42 bits per heavy atom. The van der Waals surface area contributed by atoms with E-state index in [0.717, 1.165) is 18.7 Å². The van der Waals surface area contributed by atoms with Gasteiger partial charge in [-0.15, -0.1) is 0 Å². The Bertz CT molecular complexity index is 966. The molecule has 2 aromatic carbocycles. The molecule has 0 spiro atoms. The summed E-state index contributed by atoms with van der Waals surface area (Å²) in [5.41, 5.74) is 0.759. The van der Waals surface area contributed by atoms with Gasteiger partial charge in [-0.1, -0.05) is 41.9 Å². The molecule has 1 N–H and O–H groups in total. The number of hydrogen-bond donors (Lipinski definition) is 1. The van der Waals surface area contributed by atoms with Gasteiger partial charge in [-0.2, -0.15) is 0 Å². The third kappa shape index (κ3) is 5.71. The molecule has 0 aliphatic carbocycles. The van der Waals surface area contributed by atoms with Gasteiger partial charge in [-0.3, -0.25) is 9.69 Å². The van der Waals surface area contributed by atoms with Crippen LogP contribution >= 0.6 is 11.6 Å². The number of carbonyl (C=O) groups excluding carboxylic acids is 2. The molecule has 7 heteroatoms. The molecule has 1 heterocycles. The molecule has 0 saturated carbocycles. The summed E-state index contributed by atoms with van der Waals surface area (Å²) in [6, 6.07) is 13.9. The number of ether oxygens (including phenoxy) is 1. The predicted molar refractivity (Wildman–Crippen MR) is 116 cm³/mol. The van der Waals surface area contributed by atoms with Crippen molar-refractivity contribution < 1.29 is 23.8 Å². The first-order chi connectivity index (χ1) is 14.8. The highest BCUT2D eigenvalue weighted by Gasteiger charge is 2.40. The van der Waals surface area contributed by atoms with Crippen LogP contribution in [-0.2, 0) is 27.3 Å². The number of likely N-dealkylation sites (tertiary alicyclic amines) is 1. The second-order valence-corrected chi connectivity index (χ2v) is 8.27. The second kappa shape index (κ2) is 10.1. The van der Waals surface area contributed by atoms with Crippen molar-refractivity contribution >= 4 is 23.4 Å². The maximum absolute atomic E-state index is 14.0. The van der Waals surface area contributed by atoms with Crippen LogP contribution in [0.3, 0.4) is 0 Å². The molecule has 1 saturated heterocycles. The maximum Gasteiger partial charge on any atom is 0.373 e. The van der Waals surface area contributed by atoms with Gasteiger partial charge in [0.15, 0.2) is 5.78 Å². The van der Waals surface area contributed by atoms with Crippen molar-refractivity contribution in [1.82, 2.24) is 4.90 Å². The van der Waals surface area contributed by atoms with Crippen molar-refractivity contribution in [3.8, 4) is 0 Å². The monoisotopic (exact) mass is 445 g/mol. The van der Waals surface area contributed by atoms with Crippen LogP contribution in [0.1, 0.15) is 24.0 Å². The quantitative estimate of drug-likeness (QED) is 0.386. The summed E-state index contributed by atoms with van der Waals surface area (Å²) in [6.07, 6.45) is 2.43. The smallest absolute Gasteiger partial charge is 0.373 e. The Morgan fingerprint density at radius 2 is 1.81 bits per heavy atom. The molecular weight excluding hydrogens is 421 g/mol. The first kappa shape index (κ1) is 23.0. The average molecular weight is 446 g/mol. The molecule has 1 aliphatic heterocycles. The molecule has 0 amide bonds. The second-order valence-electron chi connectivity index (χ2n) is 7.84. The summed E-state index contributed by atoms with van der Waals surface area (Å²) >= 11 is 5.98. The molecule has 2 aromatic rings. The van der Waals surface area contributed by atoms with Gasteiger partial charge < -0.3 is 9.84 Å². The van der Waals surface area contributed by atoms with E-state index in [2.05, 4.69) is 9.64 Å². The molecule has 164 valence electrons. The summed E-state index contributed by atoms with van der Waals surface area (Å²) in [6.45, 7) is 1.63. The number of esters is 1. The van der Waals surface area contributed by atoms with Crippen LogP contribution in [0.5, 0.6) is 0 Å². The zero-order valence-electron chi connectivity index (χ0n) is 17.3. The van der Waals surface area contributed by atoms with Crippen LogP contribution in [-0.4, -0.2) is 42.0 Å². The van der Waals surface area contributed by atoms with Crippen LogP contribution in [0.15, 0.2) is 60.4 Å². The number of halogens is 2. The van der Waals surface area contributed by atoms with Crippen molar-refractivity contribution in [2.45, 2.75) is 25.8 Å². The van der Waals surface area contributed by atoms with Crippen LogP contribution < -0.4 is 0 Å². The topological polar surface area (TPSA) is 66.8 Å². The number of piperidine rings is 1. The normalized spacial score (nSPS) is 16.7. The highest BCUT2D eigenvalue weighted by Crippen LogP contribution is 2.37. The number of allylic oxidation sites excluding steroid dienone is 1. The van der Waals surface area contributed by atoms with Crippen molar-refractivity contribution in [1.29, 1.82) is 0 Å². The van der Waals surface area contributed by atoms with Crippen LogP contribution in [0.2, 0.25) is 5.02 Å². The van der Waals surface area contributed by atoms with E-state index in [1.807, 2.05) is 12.1 Å². The van der Waals surface area contributed by atoms with Gasteiger partial charge in [0.05, 0.1) is 7.11 Å². The number of ketones is 1. The third-order valence-electron chi connectivity index (χ3n) is 5.81. The van der Waals surface area contributed by atoms with Crippen molar-refractivity contribution in [3.63, 3.8) is 0 Å². The van der Waals surface area contributed by atoms with E-state index in [9.17, 15) is 19.1 Å². The fourth-order valence-corrected chi connectivity index (χ4v) is 4.08. The molecule has 1 fully saturated rings. The lowest BCUT2D eigenvalue weighted by atomic mass is 9.70. The number of methoxy groups -OCH3 is 1. The number of aliphatic hydroxyl groups is 1. The lowest BCUT2D eigenvalue weighted by molar-refractivity contribution is -0.139. The van der Waals surface area contributed by atoms with Crippen LogP contribution in [0, 0.1) is 11.2 Å². The van der Waals surface area contributed by atoms with E-state index in [1.54, 1.807) is 30.3 Å². The molecule has 0 radical (unpaired) electrons. The number of hydrogen-bond acceptors (Lipinski definition) is 5. The number of benzene rings is 2. The Hall–Kier alpha value is -2.70. The zero-order chi connectivity index (χ0) is 22.4. The lowest BCUT2D eigenvalue weighted by Crippen LogP contribution is -2.45. The van der Waals surface area contributed by atoms with E-state index in [1.165, 1.54) is 6.07 Å². The SMILES string of the molecule is COC(=O)/C(O)=C/C(=O)C1(Cc2ccc(Cl)cc2)CCN(Cc2ccccc2F)CC1. The average Bonchev–Trinajstić information content (AvgIpc) is 2.77. The third-order valence-corrected chi connectivity index (χ3v) is 6.06. The summed E-state index contributed by atoms with van der Waals surface area (Å²) < 4.78 is 18.5. The van der Waals surface area contributed by atoms with Gasteiger partial charge in [0, 0.05) is 28.6 Å². The molecule has 5 nitrogen and oxygen atoms in total. The Balaban J connectivity index is 1.80.